The van der Waals surface area contributed by atoms with Crippen LogP contribution in [0.1, 0.15) is 6.92 Å². The van der Waals surface area contributed by atoms with Crippen LogP contribution in [0.5, 0.6) is 0 Å². The van der Waals surface area contributed by atoms with E-state index in [1.54, 1.807) is 26.4 Å². The second-order valence-electron chi connectivity index (χ2n) is 1.35. The van der Waals surface area contributed by atoms with Crippen molar-refractivity contribution < 1.29 is 4.21 Å². The Labute approximate surface area is 57.4 Å². The maximum absolute atomic E-state index is 10.6. The number of nitrogens with zero attached hydrogens (tertiary/aromatic N) is 2. The Morgan fingerprint density at radius 1 is 1.67 bits per heavy atom. The first kappa shape index (κ1) is 8.49. The highest BCUT2D eigenvalue weighted by Gasteiger charge is 1.95. The average Bonchev–Trinajstić information content (AvgIpc) is 1.82. The molecule has 0 aromatic rings. The summed E-state index contributed by atoms with van der Waals surface area (Å²) in [6.07, 6.45) is 3.12. The van der Waals surface area contributed by atoms with Gasteiger partial charge in [-0.1, -0.05) is 0 Å². The van der Waals surface area contributed by atoms with Gasteiger partial charge in [0.25, 0.3) is 0 Å². The summed E-state index contributed by atoms with van der Waals surface area (Å²) in [5.74, 6) is 0. The van der Waals surface area contributed by atoms with Crippen LogP contribution >= 0.6 is 0 Å². The minimum absolute atomic E-state index is 0.387. The molecule has 1 unspecified atom stereocenters. The van der Waals surface area contributed by atoms with Gasteiger partial charge in [-0.2, -0.15) is 0 Å². The standard InChI is InChI=1S/C5H10N2OS/c1-4-7-5(6-2)9(3)8/h4H,1-3H3. The van der Waals surface area contributed by atoms with E-state index in [1.807, 2.05) is 0 Å². The Kier molecular flexibility index (Phi) is 4.13. The van der Waals surface area contributed by atoms with Crippen LogP contribution in [0.2, 0.25) is 0 Å². The van der Waals surface area contributed by atoms with E-state index >= 15 is 0 Å². The van der Waals surface area contributed by atoms with E-state index in [1.165, 1.54) is 0 Å². The van der Waals surface area contributed by atoms with Crippen LogP contribution in [0.25, 0.3) is 0 Å². The summed E-state index contributed by atoms with van der Waals surface area (Å²) in [6, 6.07) is 0. The van der Waals surface area contributed by atoms with Crippen LogP contribution in [-0.4, -0.2) is 28.9 Å². The minimum Gasteiger partial charge on any atom is -0.262 e. The first-order chi connectivity index (χ1) is 4.22. The zero-order valence-corrected chi connectivity index (χ0v) is 6.60. The van der Waals surface area contributed by atoms with Gasteiger partial charge in [-0.25, -0.2) is 4.99 Å². The summed E-state index contributed by atoms with van der Waals surface area (Å²) in [5.41, 5.74) is 0. The van der Waals surface area contributed by atoms with Gasteiger partial charge < -0.3 is 0 Å². The van der Waals surface area contributed by atoms with E-state index < -0.39 is 10.8 Å². The molecule has 0 aliphatic heterocycles. The molecule has 0 saturated carbocycles. The molecule has 0 heterocycles. The molecule has 0 N–H and O–H groups in total. The highest BCUT2D eigenvalue weighted by Crippen LogP contribution is 1.83. The van der Waals surface area contributed by atoms with Crippen molar-refractivity contribution >= 4 is 22.2 Å². The largest absolute Gasteiger partial charge is 0.262 e. The highest BCUT2D eigenvalue weighted by molar-refractivity contribution is 7.99. The van der Waals surface area contributed by atoms with E-state index in [4.69, 9.17) is 0 Å². The van der Waals surface area contributed by atoms with Crippen LogP contribution < -0.4 is 0 Å². The monoisotopic (exact) mass is 146 g/mol. The first-order valence-corrected chi connectivity index (χ1v) is 4.07. The van der Waals surface area contributed by atoms with Crippen molar-refractivity contribution in [3.8, 4) is 0 Å². The van der Waals surface area contributed by atoms with E-state index in [-0.39, 0.29) is 0 Å². The van der Waals surface area contributed by atoms with Crippen molar-refractivity contribution in [1.82, 2.24) is 0 Å². The third-order valence-corrected chi connectivity index (χ3v) is 1.49. The number of rotatable bonds is 0. The molecule has 0 amide bonds. The molecule has 3 nitrogen and oxygen atoms in total. The predicted molar refractivity (Wildman–Crippen MR) is 41.6 cm³/mol. The van der Waals surface area contributed by atoms with Gasteiger partial charge >= 0.3 is 0 Å². The molecule has 52 valence electrons. The second kappa shape index (κ2) is 4.38. The Hall–Kier alpha value is -0.510. The zero-order valence-electron chi connectivity index (χ0n) is 5.79. The van der Waals surface area contributed by atoms with Crippen molar-refractivity contribution in [3.05, 3.63) is 0 Å². The van der Waals surface area contributed by atoms with Gasteiger partial charge in [-0.05, 0) is 6.92 Å². The smallest absolute Gasteiger partial charge is 0.212 e. The quantitative estimate of drug-likeness (QED) is 0.361. The third-order valence-electron chi connectivity index (χ3n) is 0.688. The molecule has 0 aliphatic carbocycles. The van der Waals surface area contributed by atoms with Crippen molar-refractivity contribution in [2.24, 2.45) is 9.98 Å². The minimum atomic E-state index is -1.05. The van der Waals surface area contributed by atoms with Gasteiger partial charge in [-0.3, -0.25) is 9.20 Å². The molecule has 0 aliphatic rings. The summed E-state index contributed by atoms with van der Waals surface area (Å²) in [6.45, 7) is 1.76. The van der Waals surface area contributed by atoms with Gasteiger partial charge in [0.1, 0.15) is 0 Å². The van der Waals surface area contributed by atoms with E-state index in [0.29, 0.717) is 5.17 Å². The molecular weight excluding hydrogens is 136 g/mol. The summed E-state index contributed by atoms with van der Waals surface area (Å²) in [7, 11) is 0.522. The molecule has 0 fully saturated rings. The van der Waals surface area contributed by atoms with Crippen LogP contribution in [-0.2, 0) is 10.8 Å². The van der Waals surface area contributed by atoms with Gasteiger partial charge in [0.05, 0.1) is 10.8 Å². The topological polar surface area (TPSA) is 41.8 Å². The van der Waals surface area contributed by atoms with Crippen molar-refractivity contribution in [2.75, 3.05) is 13.3 Å². The van der Waals surface area contributed by atoms with Crippen molar-refractivity contribution in [2.45, 2.75) is 6.92 Å². The van der Waals surface area contributed by atoms with Crippen molar-refractivity contribution in [3.63, 3.8) is 0 Å². The fraction of sp³-hybridized carbons (Fsp3) is 0.600. The first-order valence-electron chi connectivity index (χ1n) is 2.51. The highest BCUT2D eigenvalue weighted by atomic mass is 32.2. The molecule has 0 radical (unpaired) electrons. The molecular formula is C5H10N2OS. The summed E-state index contributed by atoms with van der Waals surface area (Å²) >= 11 is 0. The Bertz CT molecular complexity index is 162. The average molecular weight is 146 g/mol. The molecule has 9 heavy (non-hydrogen) atoms. The number of aliphatic imine (C=N–C) groups is 2. The lowest BCUT2D eigenvalue weighted by atomic mass is 10.9. The van der Waals surface area contributed by atoms with Gasteiger partial charge in [0.15, 0.2) is 0 Å². The molecule has 0 aromatic heterocycles. The van der Waals surface area contributed by atoms with Gasteiger partial charge in [0, 0.05) is 19.5 Å². The van der Waals surface area contributed by atoms with E-state index in [9.17, 15) is 4.21 Å². The fourth-order valence-corrected chi connectivity index (χ4v) is 0.882. The Morgan fingerprint density at radius 3 is 2.33 bits per heavy atom. The summed E-state index contributed by atoms with van der Waals surface area (Å²) in [5, 5.41) is 0.387. The number of hydrogen-bond donors (Lipinski definition) is 0. The molecule has 0 saturated heterocycles. The lowest BCUT2D eigenvalue weighted by molar-refractivity contribution is 0.693. The molecule has 4 heteroatoms. The third kappa shape index (κ3) is 3.13. The van der Waals surface area contributed by atoms with Crippen LogP contribution in [0.4, 0.5) is 0 Å². The van der Waals surface area contributed by atoms with Crippen LogP contribution in [0.3, 0.4) is 0 Å². The Morgan fingerprint density at radius 2 is 2.22 bits per heavy atom. The lowest BCUT2D eigenvalue weighted by Crippen LogP contribution is -2.01. The van der Waals surface area contributed by atoms with Crippen molar-refractivity contribution in [1.29, 1.82) is 0 Å². The second-order valence-corrected chi connectivity index (χ2v) is 2.62. The van der Waals surface area contributed by atoms with E-state index in [0.717, 1.165) is 0 Å². The molecule has 0 rings (SSSR count). The molecule has 0 aromatic carbocycles. The normalized spacial score (nSPS) is 16.6. The molecule has 1 atom stereocenters. The summed E-state index contributed by atoms with van der Waals surface area (Å²) in [4.78, 5) is 7.46. The van der Waals surface area contributed by atoms with Crippen LogP contribution in [0.15, 0.2) is 9.98 Å². The SMILES string of the molecule is CC=NC(=NC)S(C)=O. The maximum atomic E-state index is 10.6. The van der Waals surface area contributed by atoms with E-state index in [2.05, 4.69) is 9.98 Å². The predicted octanol–water partition coefficient (Wildman–Crippen LogP) is 0.441. The maximum Gasteiger partial charge on any atom is 0.212 e. The number of amidine groups is 1. The Balaban J connectivity index is 4.19. The van der Waals surface area contributed by atoms with Gasteiger partial charge in [0.2, 0.25) is 5.17 Å². The summed E-state index contributed by atoms with van der Waals surface area (Å²) < 4.78 is 10.6. The van der Waals surface area contributed by atoms with Crippen LogP contribution in [0, 0.1) is 0 Å². The lowest BCUT2D eigenvalue weighted by Gasteiger charge is -1.89. The zero-order chi connectivity index (χ0) is 7.28. The molecule has 0 bridgehead atoms. The van der Waals surface area contributed by atoms with Gasteiger partial charge in [-0.15, -0.1) is 0 Å². The fourth-order valence-electron chi connectivity index (χ4n) is 0.371. The molecule has 0 spiro atoms. The number of hydrogen-bond acceptors (Lipinski definition) is 2.